The topological polar surface area (TPSA) is 105 Å². The molecule has 0 aromatic heterocycles. The molecule has 10 heteroatoms. The number of carbonyl (C=O) groups is 2. The first-order valence-electron chi connectivity index (χ1n) is 11.8. The third kappa shape index (κ3) is 6.28. The Balaban J connectivity index is 1.39. The first-order chi connectivity index (χ1) is 17.8. The highest BCUT2D eigenvalue weighted by molar-refractivity contribution is 7.89. The van der Waals surface area contributed by atoms with Crippen LogP contribution in [0, 0.1) is 0 Å². The highest BCUT2D eigenvalue weighted by Crippen LogP contribution is 2.33. The Kier molecular flexibility index (Phi) is 8.10. The minimum atomic E-state index is -3.56. The summed E-state index contributed by atoms with van der Waals surface area (Å²) in [5.41, 5.74) is 1.66. The molecule has 0 saturated carbocycles. The Morgan fingerprint density at radius 3 is 2.38 bits per heavy atom. The van der Waals surface area contributed by atoms with Crippen LogP contribution in [-0.4, -0.2) is 64.4 Å². The van der Waals surface area contributed by atoms with Gasteiger partial charge in [0, 0.05) is 20.6 Å². The molecular formula is C27H29N3O6S. The summed E-state index contributed by atoms with van der Waals surface area (Å²) in [6.07, 6.45) is -0.189. The van der Waals surface area contributed by atoms with Gasteiger partial charge in [-0.15, -0.1) is 0 Å². The first kappa shape index (κ1) is 26.2. The fraction of sp³-hybridized carbons (Fsp3) is 0.259. The highest BCUT2D eigenvalue weighted by Gasteiger charge is 2.33. The number of hydrogen-bond donors (Lipinski definition) is 1. The Labute approximate surface area is 216 Å². The zero-order chi connectivity index (χ0) is 26.4. The molecule has 0 spiro atoms. The summed E-state index contributed by atoms with van der Waals surface area (Å²) in [4.78, 5) is 27.6. The van der Waals surface area contributed by atoms with E-state index in [4.69, 9.17) is 9.47 Å². The van der Waals surface area contributed by atoms with Gasteiger partial charge >= 0.3 is 0 Å². The molecule has 194 valence electrons. The number of fused-ring (bicyclic) bond motifs is 1. The van der Waals surface area contributed by atoms with Crippen molar-refractivity contribution in [1.29, 1.82) is 0 Å². The van der Waals surface area contributed by atoms with Crippen LogP contribution >= 0.6 is 0 Å². The maximum atomic E-state index is 13.1. The van der Waals surface area contributed by atoms with Gasteiger partial charge in [-0.3, -0.25) is 9.59 Å². The van der Waals surface area contributed by atoms with Gasteiger partial charge in [-0.1, -0.05) is 42.5 Å². The van der Waals surface area contributed by atoms with E-state index in [1.807, 2.05) is 30.3 Å². The molecule has 1 atom stereocenters. The van der Waals surface area contributed by atoms with Gasteiger partial charge in [-0.25, -0.2) is 12.7 Å². The molecule has 1 heterocycles. The highest BCUT2D eigenvalue weighted by atomic mass is 32.2. The normalized spacial score (nSPS) is 15.0. The molecule has 3 aromatic carbocycles. The summed E-state index contributed by atoms with van der Waals surface area (Å²) in [7, 11) is -0.654. The molecule has 9 nitrogen and oxygen atoms in total. The zero-order valence-corrected chi connectivity index (χ0v) is 21.5. The predicted molar refractivity (Wildman–Crippen MR) is 139 cm³/mol. The molecule has 1 N–H and O–H groups in total. The lowest BCUT2D eigenvalue weighted by Gasteiger charge is -2.34. The van der Waals surface area contributed by atoms with Crippen LogP contribution in [0.25, 0.3) is 0 Å². The third-order valence-electron chi connectivity index (χ3n) is 5.89. The van der Waals surface area contributed by atoms with Crippen molar-refractivity contribution in [3.63, 3.8) is 0 Å². The van der Waals surface area contributed by atoms with Crippen molar-refractivity contribution in [2.24, 2.45) is 0 Å². The number of anilines is 1. The Bertz CT molecular complexity index is 1340. The molecule has 0 bridgehead atoms. The van der Waals surface area contributed by atoms with Crippen LogP contribution in [0.15, 0.2) is 83.8 Å². The van der Waals surface area contributed by atoms with Crippen molar-refractivity contribution < 1.29 is 27.5 Å². The van der Waals surface area contributed by atoms with E-state index >= 15 is 0 Å². The van der Waals surface area contributed by atoms with Gasteiger partial charge in [0.1, 0.15) is 11.5 Å². The number of nitrogens with zero attached hydrogens (tertiary/aromatic N) is 2. The number of nitrogens with one attached hydrogen (secondary N) is 1. The second kappa shape index (κ2) is 11.4. The number of para-hydroxylation sites is 2. The van der Waals surface area contributed by atoms with Crippen molar-refractivity contribution in [3.05, 3.63) is 84.4 Å². The summed E-state index contributed by atoms with van der Waals surface area (Å²) in [5, 5.41) is 2.89. The molecule has 0 fully saturated rings. The number of rotatable bonds is 9. The minimum absolute atomic E-state index is 0.0381. The lowest BCUT2D eigenvalue weighted by atomic mass is 10.1. The van der Waals surface area contributed by atoms with E-state index in [-0.39, 0.29) is 29.9 Å². The second-order valence-corrected chi connectivity index (χ2v) is 10.8. The number of hydrogen-bond acceptors (Lipinski definition) is 6. The van der Waals surface area contributed by atoms with Gasteiger partial charge < -0.3 is 19.7 Å². The maximum absolute atomic E-state index is 13.1. The van der Waals surface area contributed by atoms with E-state index in [0.717, 1.165) is 9.87 Å². The number of benzene rings is 3. The van der Waals surface area contributed by atoms with Crippen molar-refractivity contribution in [2.75, 3.05) is 38.7 Å². The molecule has 0 radical (unpaired) electrons. The Morgan fingerprint density at radius 1 is 1.00 bits per heavy atom. The molecule has 4 rings (SSSR count). The standard InChI is InChI=1S/C27H29N3O6S/c1-29(2)37(33,34)22-14-12-21(13-15-22)35-19-26(31)30-18-25(36-24-11-7-6-10-23(24)30)27(32)28-17-16-20-8-4-3-5-9-20/h3-15,25H,16-19H2,1-2H3,(H,28,32). The SMILES string of the molecule is CN(C)S(=O)(=O)c1ccc(OCC(=O)N2CC(C(=O)NCCc3ccccc3)Oc3ccccc32)cc1. The number of carbonyl (C=O) groups excluding carboxylic acids is 2. The van der Waals surface area contributed by atoms with Crippen molar-refractivity contribution in [1.82, 2.24) is 9.62 Å². The summed E-state index contributed by atoms with van der Waals surface area (Å²) >= 11 is 0. The van der Waals surface area contributed by atoms with Gasteiger partial charge in [-0.2, -0.15) is 0 Å². The van der Waals surface area contributed by atoms with Crippen molar-refractivity contribution in [2.45, 2.75) is 17.4 Å². The molecule has 2 amide bonds. The van der Waals surface area contributed by atoms with Crippen LogP contribution in [0.4, 0.5) is 5.69 Å². The summed E-state index contributed by atoms with van der Waals surface area (Å²) in [6, 6.07) is 22.7. The van der Waals surface area contributed by atoms with Gasteiger partial charge in [0.05, 0.1) is 17.1 Å². The van der Waals surface area contributed by atoms with Crippen LogP contribution in [0.2, 0.25) is 0 Å². The first-order valence-corrected chi connectivity index (χ1v) is 13.2. The minimum Gasteiger partial charge on any atom is -0.484 e. The van der Waals surface area contributed by atoms with Crippen LogP contribution in [0.1, 0.15) is 5.56 Å². The molecule has 1 aliphatic rings. The molecule has 0 aliphatic carbocycles. The average molecular weight is 524 g/mol. The number of ether oxygens (including phenoxy) is 2. The molecule has 3 aromatic rings. The summed E-state index contributed by atoms with van der Waals surface area (Å²) in [6.45, 7) is 0.188. The maximum Gasteiger partial charge on any atom is 0.265 e. The monoisotopic (exact) mass is 523 g/mol. The smallest absolute Gasteiger partial charge is 0.265 e. The van der Waals surface area contributed by atoms with E-state index in [1.165, 1.54) is 43.3 Å². The summed E-state index contributed by atoms with van der Waals surface area (Å²) in [5.74, 6) is 0.121. The third-order valence-corrected chi connectivity index (χ3v) is 7.72. The number of amides is 2. The van der Waals surface area contributed by atoms with Gasteiger partial charge in [0.2, 0.25) is 10.0 Å². The largest absolute Gasteiger partial charge is 0.484 e. The average Bonchev–Trinajstić information content (AvgIpc) is 2.91. The Hall–Kier alpha value is -3.89. The molecule has 1 aliphatic heterocycles. The van der Waals surface area contributed by atoms with Crippen LogP contribution in [0.5, 0.6) is 11.5 Å². The van der Waals surface area contributed by atoms with E-state index in [1.54, 1.807) is 24.3 Å². The molecular weight excluding hydrogens is 494 g/mol. The van der Waals surface area contributed by atoms with E-state index in [0.29, 0.717) is 30.2 Å². The van der Waals surface area contributed by atoms with Gasteiger partial charge in [0.25, 0.3) is 11.8 Å². The van der Waals surface area contributed by atoms with Crippen LogP contribution < -0.4 is 19.7 Å². The van der Waals surface area contributed by atoms with Crippen molar-refractivity contribution >= 4 is 27.5 Å². The predicted octanol–water partition coefficient (Wildman–Crippen LogP) is 2.47. The quantitative estimate of drug-likeness (QED) is 0.462. The second-order valence-electron chi connectivity index (χ2n) is 8.65. The van der Waals surface area contributed by atoms with E-state index in [2.05, 4.69) is 5.32 Å². The molecule has 0 saturated heterocycles. The van der Waals surface area contributed by atoms with Crippen LogP contribution in [-0.2, 0) is 26.0 Å². The van der Waals surface area contributed by atoms with Crippen molar-refractivity contribution in [3.8, 4) is 11.5 Å². The van der Waals surface area contributed by atoms with E-state index < -0.39 is 16.1 Å². The molecule has 37 heavy (non-hydrogen) atoms. The summed E-state index contributed by atoms with van der Waals surface area (Å²) < 4.78 is 37.1. The fourth-order valence-electron chi connectivity index (χ4n) is 3.84. The van der Waals surface area contributed by atoms with Gasteiger partial charge in [0.15, 0.2) is 12.7 Å². The fourth-order valence-corrected chi connectivity index (χ4v) is 4.74. The lowest BCUT2D eigenvalue weighted by Crippen LogP contribution is -2.52. The lowest BCUT2D eigenvalue weighted by molar-refractivity contribution is -0.128. The number of sulfonamides is 1. The zero-order valence-electron chi connectivity index (χ0n) is 20.7. The van der Waals surface area contributed by atoms with E-state index in [9.17, 15) is 18.0 Å². The molecule has 1 unspecified atom stereocenters. The Morgan fingerprint density at radius 2 is 1.68 bits per heavy atom. The van der Waals surface area contributed by atoms with Crippen LogP contribution in [0.3, 0.4) is 0 Å². The van der Waals surface area contributed by atoms with Gasteiger partial charge in [-0.05, 0) is 48.4 Å².